The van der Waals surface area contributed by atoms with E-state index in [-0.39, 0.29) is 34.4 Å². The van der Waals surface area contributed by atoms with E-state index in [0.29, 0.717) is 5.75 Å². The molecule has 2 aromatic rings. The predicted molar refractivity (Wildman–Crippen MR) is 90.0 cm³/mol. The lowest BCUT2D eigenvalue weighted by molar-refractivity contribution is -0.140. The molecule has 0 amide bonds. The number of rotatable bonds is 6. The highest BCUT2D eigenvalue weighted by molar-refractivity contribution is 6.43. The molecule has 0 heterocycles. The summed E-state index contributed by atoms with van der Waals surface area (Å²) in [7, 11) is 1.47. The van der Waals surface area contributed by atoms with E-state index < -0.39 is 11.9 Å². The zero-order valence-corrected chi connectivity index (χ0v) is 14.3. The number of hydrogen-bond donors (Lipinski definition) is 0. The van der Waals surface area contributed by atoms with Crippen molar-refractivity contribution in [3.05, 3.63) is 52.5 Å². The molecule has 0 unspecified atom stereocenters. The van der Waals surface area contributed by atoms with Crippen LogP contribution in [0.3, 0.4) is 0 Å². The van der Waals surface area contributed by atoms with Crippen LogP contribution in [-0.4, -0.2) is 19.0 Å². The average Bonchev–Trinajstić information content (AvgIpc) is 2.58. The van der Waals surface area contributed by atoms with Crippen LogP contribution in [0.5, 0.6) is 17.2 Å². The maximum Gasteiger partial charge on any atom is 0.311 e. The van der Waals surface area contributed by atoms with Crippen LogP contribution in [-0.2, 0) is 9.59 Å². The van der Waals surface area contributed by atoms with Gasteiger partial charge in [0.15, 0.2) is 17.2 Å². The van der Waals surface area contributed by atoms with E-state index in [4.69, 9.17) is 37.4 Å². The Labute approximate surface area is 149 Å². The van der Waals surface area contributed by atoms with Crippen LogP contribution in [0.15, 0.2) is 42.5 Å². The molecule has 2 aromatic carbocycles. The van der Waals surface area contributed by atoms with E-state index in [9.17, 15) is 9.59 Å². The van der Waals surface area contributed by atoms with Gasteiger partial charge >= 0.3 is 11.9 Å². The number of esters is 2. The highest BCUT2D eigenvalue weighted by Gasteiger charge is 2.15. The fourth-order valence-electron chi connectivity index (χ4n) is 1.82. The number of methoxy groups -OCH3 is 1. The van der Waals surface area contributed by atoms with E-state index >= 15 is 0 Å². The number of ether oxygens (including phenoxy) is 3. The monoisotopic (exact) mass is 368 g/mol. The van der Waals surface area contributed by atoms with E-state index in [0.717, 1.165) is 0 Å². The molecule has 0 bridgehead atoms. The number of hydrogen-bond acceptors (Lipinski definition) is 5. The molecular weight excluding hydrogens is 355 g/mol. The third kappa shape index (κ3) is 4.88. The summed E-state index contributed by atoms with van der Waals surface area (Å²) in [5.74, 6) is -0.326. The minimum Gasteiger partial charge on any atom is -0.493 e. The van der Waals surface area contributed by atoms with Crippen molar-refractivity contribution in [2.45, 2.75) is 12.8 Å². The topological polar surface area (TPSA) is 61.8 Å². The maximum atomic E-state index is 11.8. The van der Waals surface area contributed by atoms with Crippen molar-refractivity contribution in [3.63, 3.8) is 0 Å². The van der Waals surface area contributed by atoms with Gasteiger partial charge in [0.05, 0.1) is 25.0 Å². The van der Waals surface area contributed by atoms with Gasteiger partial charge in [0.25, 0.3) is 0 Å². The van der Waals surface area contributed by atoms with E-state index in [1.165, 1.54) is 13.2 Å². The third-order valence-corrected chi connectivity index (χ3v) is 3.77. The second-order valence-corrected chi connectivity index (χ2v) is 5.44. The number of benzene rings is 2. The molecular formula is C17H14Cl2O5. The Morgan fingerprint density at radius 2 is 1.38 bits per heavy atom. The van der Waals surface area contributed by atoms with Gasteiger partial charge in [-0.1, -0.05) is 41.4 Å². The largest absolute Gasteiger partial charge is 0.493 e. The fraction of sp³-hybridized carbons (Fsp3) is 0.176. The van der Waals surface area contributed by atoms with Crippen molar-refractivity contribution >= 4 is 35.1 Å². The number of carbonyl (C=O) groups is 2. The summed E-state index contributed by atoms with van der Waals surface area (Å²) < 4.78 is 15.3. The first-order valence-electron chi connectivity index (χ1n) is 6.99. The normalized spacial score (nSPS) is 10.1. The Balaban J connectivity index is 1.87. The molecule has 126 valence electrons. The van der Waals surface area contributed by atoms with Crippen LogP contribution in [0.2, 0.25) is 10.0 Å². The van der Waals surface area contributed by atoms with Crippen LogP contribution >= 0.6 is 23.2 Å². The quantitative estimate of drug-likeness (QED) is 0.562. The lowest BCUT2D eigenvalue weighted by atomic mass is 10.3. The van der Waals surface area contributed by atoms with Crippen LogP contribution in [0.25, 0.3) is 0 Å². The molecule has 0 saturated carbocycles. The van der Waals surface area contributed by atoms with Crippen LogP contribution in [0.1, 0.15) is 12.8 Å². The van der Waals surface area contributed by atoms with Gasteiger partial charge < -0.3 is 14.2 Å². The minimum absolute atomic E-state index is 0.143. The molecule has 0 aliphatic carbocycles. The summed E-state index contributed by atoms with van der Waals surface area (Å²) in [5, 5.41) is 0.418. The summed E-state index contributed by atoms with van der Waals surface area (Å²) in [5.41, 5.74) is 0. The zero-order valence-electron chi connectivity index (χ0n) is 12.8. The van der Waals surface area contributed by atoms with Gasteiger partial charge in [-0.15, -0.1) is 0 Å². The Morgan fingerprint density at radius 3 is 2.00 bits per heavy atom. The summed E-state index contributed by atoms with van der Waals surface area (Å²) in [6.45, 7) is 0. The van der Waals surface area contributed by atoms with Crippen molar-refractivity contribution < 1.29 is 23.8 Å². The van der Waals surface area contributed by atoms with Gasteiger partial charge in [-0.2, -0.15) is 0 Å². The van der Waals surface area contributed by atoms with Gasteiger partial charge in [-0.3, -0.25) is 9.59 Å². The Bertz CT molecular complexity index is 746. The summed E-state index contributed by atoms with van der Waals surface area (Å²) in [6.07, 6.45) is -0.300. The van der Waals surface area contributed by atoms with Crippen molar-refractivity contribution in [2.75, 3.05) is 7.11 Å². The molecule has 0 saturated heterocycles. The van der Waals surface area contributed by atoms with Crippen molar-refractivity contribution in [1.82, 2.24) is 0 Å². The number of para-hydroxylation sites is 2. The van der Waals surface area contributed by atoms with Gasteiger partial charge in [0.1, 0.15) is 5.02 Å². The molecule has 0 fully saturated rings. The minimum atomic E-state index is -0.615. The SMILES string of the molecule is COc1ccccc1OC(=O)CCC(=O)Oc1cccc(Cl)c1Cl. The standard InChI is InChI=1S/C17H14Cl2O5/c1-22-12-6-2-3-7-13(12)23-15(20)9-10-16(21)24-14-8-4-5-11(18)17(14)19/h2-8H,9-10H2,1H3. The molecule has 0 N–H and O–H groups in total. The second-order valence-electron chi connectivity index (χ2n) is 4.65. The number of halogens is 2. The van der Waals surface area contributed by atoms with Crippen molar-refractivity contribution in [2.24, 2.45) is 0 Å². The Kier molecular flexibility index (Phi) is 6.46. The van der Waals surface area contributed by atoms with Crippen LogP contribution in [0, 0.1) is 0 Å². The Morgan fingerprint density at radius 1 is 0.833 bits per heavy atom. The lowest BCUT2D eigenvalue weighted by Gasteiger charge is -2.09. The van der Waals surface area contributed by atoms with Crippen molar-refractivity contribution in [3.8, 4) is 17.2 Å². The molecule has 0 spiro atoms. The number of carbonyl (C=O) groups excluding carboxylic acids is 2. The molecule has 24 heavy (non-hydrogen) atoms. The fourth-order valence-corrected chi connectivity index (χ4v) is 2.15. The smallest absolute Gasteiger partial charge is 0.311 e. The molecule has 0 atom stereocenters. The second kappa shape index (κ2) is 8.57. The molecule has 0 radical (unpaired) electrons. The predicted octanol–water partition coefficient (Wildman–Crippen LogP) is 4.29. The third-order valence-electron chi connectivity index (χ3n) is 2.97. The zero-order chi connectivity index (χ0) is 17.5. The first-order valence-corrected chi connectivity index (χ1v) is 7.75. The molecule has 7 heteroatoms. The van der Waals surface area contributed by atoms with Gasteiger partial charge in [0, 0.05) is 0 Å². The van der Waals surface area contributed by atoms with Crippen LogP contribution < -0.4 is 14.2 Å². The molecule has 0 aliphatic rings. The highest BCUT2D eigenvalue weighted by atomic mass is 35.5. The summed E-state index contributed by atoms with van der Waals surface area (Å²) in [6, 6.07) is 11.4. The first-order chi connectivity index (χ1) is 11.5. The maximum absolute atomic E-state index is 11.8. The Hall–Kier alpha value is -2.24. The van der Waals surface area contributed by atoms with Crippen LogP contribution in [0.4, 0.5) is 0 Å². The van der Waals surface area contributed by atoms with Gasteiger partial charge in [0.2, 0.25) is 0 Å². The molecule has 5 nitrogen and oxygen atoms in total. The lowest BCUT2D eigenvalue weighted by Crippen LogP contribution is -2.14. The van der Waals surface area contributed by atoms with E-state index in [1.54, 1.807) is 36.4 Å². The molecule has 0 aromatic heterocycles. The molecule has 2 rings (SSSR count). The summed E-state index contributed by atoms with van der Waals surface area (Å²) in [4.78, 5) is 23.6. The first kappa shape index (κ1) is 18.1. The van der Waals surface area contributed by atoms with E-state index in [1.807, 2.05) is 0 Å². The van der Waals surface area contributed by atoms with Crippen molar-refractivity contribution in [1.29, 1.82) is 0 Å². The van der Waals surface area contributed by atoms with E-state index in [2.05, 4.69) is 0 Å². The van der Waals surface area contributed by atoms with Gasteiger partial charge in [-0.25, -0.2) is 0 Å². The average molecular weight is 369 g/mol. The highest BCUT2D eigenvalue weighted by Crippen LogP contribution is 2.31. The molecule has 0 aliphatic heterocycles. The van der Waals surface area contributed by atoms with Gasteiger partial charge in [-0.05, 0) is 24.3 Å². The summed E-state index contributed by atoms with van der Waals surface area (Å²) >= 11 is 11.8.